The predicted octanol–water partition coefficient (Wildman–Crippen LogP) is 2.21. The molecule has 0 radical (unpaired) electrons. The van der Waals surface area contributed by atoms with Crippen LogP contribution < -0.4 is 10.9 Å². The molecule has 0 fully saturated rings. The van der Waals surface area contributed by atoms with Gasteiger partial charge in [-0.1, -0.05) is 26.2 Å². The molecular weight excluding hydrogens is 320 g/mol. The summed E-state index contributed by atoms with van der Waals surface area (Å²) < 4.78 is 6.32. The number of unbranched alkanes of at least 4 members (excludes halogenated alkanes) is 1. The number of pyridine rings is 1. The number of rotatable bonds is 6. The van der Waals surface area contributed by atoms with Crippen LogP contribution in [0.25, 0.3) is 0 Å². The standard InChI is InChI=1S/C19H28N2O4/c1-3-4-11-21-16-10-8-6-5-7-9-14(16)12-15(19(21)24)18(23)20-13-17(22)25-2/h12H,3-11,13H2,1-2H3,(H,20,23). The van der Waals surface area contributed by atoms with Crippen molar-refractivity contribution in [1.82, 2.24) is 9.88 Å². The lowest BCUT2D eigenvalue weighted by Crippen LogP contribution is -2.37. The summed E-state index contributed by atoms with van der Waals surface area (Å²) in [5, 5.41) is 2.48. The molecular formula is C19H28N2O4. The topological polar surface area (TPSA) is 77.4 Å². The second-order valence-corrected chi connectivity index (χ2v) is 6.51. The Kier molecular flexibility index (Phi) is 7.22. The first-order valence-corrected chi connectivity index (χ1v) is 9.19. The maximum absolute atomic E-state index is 12.9. The van der Waals surface area contributed by atoms with E-state index in [1.54, 1.807) is 10.6 Å². The van der Waals surface area contributed by atoms with E-state index < -0.39 is 11.9 Å². The Balaban J connectivity index is 2.38. The first-order valence-electron chi connectivity index (χ1n) is 9.19. The van der Waals surface area contributed by atoms with Crippen molar-refractivity contribution in [3.63, 3.8) is 0 Å². The van der Waals surface area contributed by atoms with E-state index in [9.17, 15) is 14.4 Å². The number of hydrogen-bond donors (Lipinski definition) is 1. The molecule has 0 saturated heterocycles. The number of carbonyl (C=O) groups excluding carboxylic acids is 2. The molecule has 25 heavy (non-hydrogen) atoms. The summed E-state index contributed by atoms with van der Waals surface area (Å²) in [5.41, 5.74) is 2.05. The molecule has 1 amide bonds. The lowest BCUT2D eigenvalue weighted by Gasteiger charge is -2.21. The average Bonchev–Trinajstić information content (AvgIpc) is 2.59. The van der Waals surface area contributed by atoms with Crippen LogP contribution in [0.3, 0.4) is 0 Å². The highest BCUT2D eigenvalue weighted by Gasteiger charge is 2.20. The Morgan fingerprint density at radius 1 is 1.20 bits per heavy atom. The zero-order valence-corrected chi connectivity index (χ0v) is 15.2. The number of nitrogens with zero attached hydrogens (tertiary/aromatic N) is 1. The fourth-order valence-electron chi connectivity index (χ4n) is 3.27. The third kappa shape index (κ3) is 4.94. The normalized spacial score (nSPS) is 14.2. The quantitative estimate of drug-likeness (QED) is 0.800. The van der Waals surface area contributed by atoms with E-state index in [4.69, 9.17) is 0 Å². The second-order valence-electron chi connectivity index (χ2n) is 6.51. The highest BCUT2D eigenvalue weighted by atomic mass is 16.5. The fourth-order valence-corrected chi connectivity index (χ4v) is 3.27. The van der Waals surface area contributed by atoms with Crippen LogP contribution in [0.1, 0.15) is 67.1 Å². The van der Waals surface area contributed by atoms with Gasteiger partial charge >= 0.3 is 5.97 Å². The van der Waals surface area contributed by atoms with Gasteiger partial charge in [0.25, 0.3) is 11.5 Å². The van der Waals surface area contributed by atoms with Gasteiger partial charge in [-0.25, -0.2) is 0 Å². The molecule has 0 unspecified atom stereocenters. The summed E-state index contributed by atoms with van der Waals surface area (Å²) >= 11 is 0. The van der Waals surface area contributed by atoms with E-state index in [1.807, 2.05) is 0 Å². The van der Waals surface area contributed by atoms with Crippen LogP contribution in [0, 0.1) is 0 Å². The van der Waals surface area contributed by atoms with E-state index in [0.29, 0.717) is 6.54 Å². The monoisotopic (exact) mass is 348 g/mol. The van der Waals surface area contributed by atoms with Crippen molar-refractivity contribution < 1.29 is 14.3 Å². The SMILES string of the molecule is CCCCn1c2c(cc(C(=O)NCC(=O)OC)c1=O)CCCCCC2. The average molecular weight is 348 g/mol. The largest absolute Gasteiger partial charge is 0.468 e. The van der Waals surface area contributed by atoms with Gasteiger partial charge in [0, 0.05) is 12.2 Å². The molecule has 6 nitrogen and oxygen atoms in total. The molecule has 1 aliphatic rings. The molecule has 138 valence electrons. The Hall–Kier alpha value is -2.11. The number of carbonyl (C=O) groups is 2. The van der Waals surface area contributed by atoms with Gasteiger partial charge in [0.2, 0.25) is 0 Å². The molecule has 0 aromatic carbocycles. The highest BCUT2D eigenvalue weighted by molar-refractivity contribution is 5.95. The van der Waals surface area contributed by atoms with Crippen molar-refractivity contribution in [3.05, 3.63) is 33.2 Å². The zero-order valence-electron chi connectivity index (χ0n) is 15.2. The van der Waals surface area contributed by atoms with Crippen LogP contribution in [-0.2, 0) is 28.9 Å². The third-order valence-electron chi connectivity index (χ3n) is 4.70. The molecule has 1 aliphatic carbocycles. The first-order chi connectivity index (χ1) is 12.1. The summed E-state index contributed by atoms with van der Waals surface area (Å²) in [6, 6.07) is 1.73. The maximum Gasteiger partial charge on any atom is 0.325 e. The summed E-state index contributed by atoms with van der Waals surface area (Å²) in [7, 11) is 1.26. The van der Waals surface area contributed by atoms with E-state index >= 15 is 0 Å². The summed E-state index contributed by atoms with van der Waals surface area (Å²) in [6.45, 7) is 2.48. The minimum Gasteiger partial charge on any atom is -0.468 e. The van der Waals surface area contributed by atoms with Gasteiger partial charge in [0.05, 0.1) is 7.11 Å². The summed E-state index contributed by atoms with van der Waals surface area (Å²) in [6.07, 6.45) is 8.17. The molecule has 0 saturated carbocycles. The van der Waals surface area contributed by atoms with Gasteiger partial charge in [0.1, 0.15) is 12.1 Å². The van der Waals surface area contributed by atoms with Crippen molar-refractivity contribution in [1.29, 1.82) is 0 Å². The molecule has 1 aromatic heterocycles. The van der Waals surface area contributed by atoms with Gasteiger partial charge < -0.3 is 14.6 Å². The Morgan fingerprint density at radius 3 is 2.60 bits per heavy atom. The Morgan fingerprint density at radius 2 is 1.92 bits per heavy atom. The number of amides is 1. The highest BCUT2D eigenvalue weighted by Crippen LogP contribution is 2.20. The van der Waals surface area contributed by atoms with E-state index in [2.05, 4.69) is 17.0 Å². The van der Waals surface area contributed by atoms with Crippen molar-refractivity contribution in [3.8, 4) is 0 Å². The molecule has 0 bridgehead atoms. The predicted molar refractivity (Wildman–Crippen MR) is 95.8 cm³/mol. The number of fused-ring (bicyclic) bond motifs is 1. The van der Waals surface area contributed by atoms with Crippen LogP contribution in [0.5, 0.6) is 0 Å². The van der Waals surface area contributed by atoms with Crippen LogP contribution in [0.15, 0.2) is 10.9 Å². The summed E-state index contributed by atoms with van der Waals surface area (Å²) in [5.74, 6) is -1.04. The molecule has 1 N–H and O–H groups in total. The third-order valence-corrected chi connectivity index (χ3v) is 4.70. The lowest BCUT2D eigenvalue weighted by atomic mass is 9.95. The van der Waals surface area contributed by atoms with Gasteiger partial charge in [-0.15, -0.1) is 0 Å². The zero-order chi connectivity index (χ0) is 18.2. The molecule has 2 rings (SSSR count). The number of ether oxygens (including phenoxy) is 1. The van der Waals surface area contributed by atoms with E-state index in [-0.39, 0.29) is 17.7 Å². The van der Waals surface area contributed by atoms with Gasteiger partial charge in [-0.05, 0) is 43.7 Å². The van der Waals surface area contributed by atoms with E-state index in [1.165, 1.54) is 20.0 Å². The van der Waals surface area contributed by atoms with Crippen molar-refractivity contribution in [2.24, 2.45) is 0 Å². The molecule has 1 aromatic rings. The van der Waals surface area contributed by atoms with Gasteiger partial charge in [-0.2, -0.15) is 0 Å². The molecule has 1 heterocycles. The van der Waals surface area contributed by atoms with Crippen LogP contribution in [0.2, 0.25) is 0 Å². The number of aryl methyl sites for hydroxylation is 1. The van der Waals surface area contributed by atoms with Crippen LogP contribution in [-0.4, -0.2) is 30.1 Å². The first kappa shape index (κ1) is 19.2. The van der Waals surface area contributed by atoms with E-state index in [0.717, 1.165) is 49.8 Å². The summed E-state index contributed by atoms with van der Waals surface area (Å²) in [4.78, 5) is 36.5. The van der Waals surface area contributed by atoms with Gasteiger partial charge in [0.15, 0.2) is 0 Å². The molecule has 0 atom stereocenters. The van der Waals surface area contributed by atoms with Crippen LogP contribution >= 0.6 is 0 Å². The molecule has 0 spiro atoms. The van der Waals surface area contributed by atoms with Crippen molar-refractivity contribution in [2.45, 2.75) is 64.8 Å². The number of aromatic nitrogens is 1. The van der Waals surface area contributed by atoms with Gasteiger partial charge in [-0.3, -0.25) is 14.4 Å². The lowest BCUT2D eigenvalue weighted by molar-refractivity contribution is -0.139. The number of esters is 1. The Labute approximate surface area is 148 Å². The number of hydrogen-bond acceptors (Lipinski definition) is 4. The minimum absolute atomic E-state index is 0.124. The maximum atomic E-state index is 12.9. The van der Waals surface area contributed by atoms with Crippen molar-refractivity contribution >= 4 is 11.9 Å². The fraction of sp³-hybridized carbons (Fsp3) is 0.632. The second kappa shape index (κ2) is 9.39. The molecule has 0 aliphatic heterocycles. The number of nitrogens with one attached hydrogen (secondary N) is 1. The minimum atomic E-state index is -0.536. The van der Waals surface area contributed by atoms with Crippen molar-refractivity contribution in [2.75, 3.05) is 13.7 Å². The number of methoxy groups -OCH3 is 1. The van der Waals surface area contributed by atoms with Crippen LogP contribution in [0.4, 0.5) is 0 Å². The molecule has 6 heteroatoms. The smallest absolute Gasteiger partial charge is 0.325 e. The Bertz CT molecular complexity index is 679.